The maximum absolute atomic E-state index is 12.5. The van der Waals surface area contributed by atoms with Gasteiger partial charge in [-0.05, 0) is 52.9 Å². The number of piperidine rings is 1. The van der Waals surface area contributed by atoms with Crippen LogP contribution in [0.4, 0.5) is 0 Å². The Bertz CT molecular complexity index is 1340. The fourth-order valence-electron chi connectivity index (χ4n) is 5.64. The average molecular weight is 439 g/mol. The quantitative estimate of drug-likeness (QED) is 0.489. The molecule has 2 bridgehead atoms. The Labute approximate surface area is 192 Å². The van der Waals surface area contributed by atoms with Crippen molar-refractivity contribution in [2.24, 2.45) is 5.92 Å². The summed E-state index contributed by atoms with van der Waals surface area (Å²) in [5.74, 6) is 1.56. The van der Waals surface area contributed by atoms with Gasteiger partial charge in [-0.2, -0.15) is 4.68 Å². The van der Waals surface area contributed by atoms with E-state index in [-0.39, 0.29) is 11.6 Å². The van der Waals surface area contributed by atoms with Crippen LogP contribution >= 0.6 is 0 Å². The summed E-state index contributed by atoms with van der Waals surface area (Å²) in [4.78, 5) is 15.0. The largest absolute Gasteiger partial charge is 0.312 e. The van der Waals surface area contributed by atoms with Crippen molar-refractivity contribution < 1.29 is 0 Å². The van der Waals surface area contributed by atoms with Gasteiger partial charge < -0.3 is 4.57 Å². The van der Waals surface area contributed by atoms with Crippen LogP contribution in [0.5, 0.6) is 0 Å². The van der Waals surface area contributed by atoms with E-state index in [9.17, 15) is 4.79 Å². The zero-order valence-corrected chi connectivity index (χ0v) is 18.6. The predicted molar refractivity (Wildman–Crippen MR) is 125 cm³/mol. The van der Waals surface area contributed by atoms with Gasteiger partial charge in [0.05, 0.1) is 11.7 Å². The number of rotatable bonds is 4. The summed E-state index contributed by atoms with van der Waals surface area (Å²) in [5, 5.41) is 13.0. The van der Waals surface area contributed by atoms with Crippen molar-refractivity contribution in [3.63, 3.8) is 0 Å². The third kappa shape index (κ3) is 3.49. The van der Waals surface area contributed by atoms with Crippen LogP contribution < -0.4 is 5.56 Å². The minimum Gasteiger partial charge on any atom is -0.312 e. The molecule has 7 nitrogen and oxygen atoms in total. The van der Waals surface area contributed by atoms with Crippen LogP contribution in [0.2, 0.25) is 0 Å². The van der Waals surface area contributed by atoms with Crippen LogP contribution in [0.15, 0.2) is 77.6 Å². The highest BCUT2D eigenvalue weighted by molar-refractivity contribution is 5.41. The first-order valence-corrected chi connectivity index (χ1v) is 11.5. The average Bonchev–Trinajstić information content (AvgIpc) is 3.30. The normalized spacial score (nSPS) is 20.9. The molecule has 4 heterocycles. The molecule has 166 valence electrons. The van der Waals surface area contributed by atoms with Gasteiger partial charge in [0, 0.05) is 37.3 Å². The number of aromatic nitrogens is 5. The minimum absolute atomic E-state index is 0.0758. The third-order valence-electron chi connectivity index (χ3n) is 7.07. The van der Waals surface area contributed by atoms with E-state index < -0.39 is 0 Å². The van der Waals surface area contributed by atoms with E-state index in [1.807, 2.05) is 33.5 Å². The van der Waals surface area contributed by atoms with Crippen LogP contribution in [-0.2, 0) is 6.54 Å². The summed E-state index contributed by atoms with van der Waals surface area (Å²) in [6, 6.07) is 24.3. The van der Waals surface area contributed by atoms with Crippen molar-refractivity contribution in [2.45, 2.75) is 31.8 Å². The molecule has 2 aliphatic heterocycles. The molecule has 1 saturated heterocycles. The van der Waals surface area contributed by atoms with E-state index >= 15 is 0 Å². The SMILES string of the molecule is Cc1ccccc1-n1nnnc1C(c1ccccc1)N1CC2CC(C1)c1cccc(=O)n1C2. The first-order valence-electron chi connectivity index (χ1n) is 11.5. The topological polar surface area (TPSA) is 68.8 Å². The molecule has 2 aromatic heterocycles. The molecule has 0 N–H and O–H groups in total. The van der Waals surface area contributed by atoms with E-state index in [4.69, 9.17) is 0 Å². The highest BCUT2D eigenvalue weighted by Gasteiger charge is 2.39. The predicted octanol–water partition coefficient (Wildman–Crippen LogP) is 3.34. The number of para-hydroxylation sites is 1. The first-order chi connectivity index (χ1) is 16.2. The summed E-state index contributed by atoms with van der Waals surface area (Å²) in [6.45, 7) is 4.61. The molecule has 1 fully saturated rings. The van der Waals surface area contributed by atoms with Crippen molar-refractivity contribution in [2.75, 3.05) is 13.1 Å². The molecule has 6 rings (SSSR count). The highest BCUT2D eigenvalue weighted by Crippen LogP contribution is 2.40. The fraction of sp³-hybridized carbons (Fsp3) is 0.308. The molecule has 7 heteroatoms. The smallest absolute Gasteiger partial charge is 0.250 e. The Morgan fingerprint density at radius 1 is 0.909 bits per heavy atom. The molecule has 0 amide bonds. The molecule has 3 unspecified atom stereocenters. The Kier molecular flexibility index (Phi) is 4.91. The van der Waals surface area contributed by atoms with Gasteiger partial charge in [0.25, 0.3) is 5.56 Å². The van der Waals surface area contributed by atoms with Crippen LogP contribution in [0, 0.1) is 12.8 Å². The van der Waals surface area contributed by atoms with Crippen molar-refractivity contribution in [1.29, 1.82) is 0 Å². The molecular weight excluding hydrogens is 412 g/mol. The Morgan fingerprint density at radius 2 is 1.73 bits per heavy atom. The molecule has 2 aromatic carbocycles. The van der Waals surface area contributed by atoms with Gasteiger partial charge in [-0.1, -0.05) is 54.6 Å². The van der Waals surface area contributed by atoms with Gasteiger partial charge in [0.2, 0.25) is 0 Å². The van der Waals surface area contributed by atoms with Crippen LogP contribution in [-0.4, -0.2) is 42.8 Å². The second-order valence-corrected chi connectivity index (χ2v) is 9.20. The monoisotopic (exact) mass is 438 g/mol. The molecule has 0 spiro atoms. The van der Waals surface area contributed by atoms with Gasteiger partial charge in [-0.15, -0.1) is 5.10 Å². The summed E-state index contributed by atoms with van der Waals surface area (Å²) in [7, 11) is 0. The lowest BCUT2D eigenvalue weighted by molar-refractivity contribution is 0.0912. The lowest BCUT2D eigenvalue weighted by Crippen LogP contribution is -2.48. The number of hydrogen-bond donors (Lipinski definition) is 0. The van der Waals surface area contributed by atoms with Gasteiger partial charge in [0.15, 0.2) is 5.82 Å². The first kappa shape index (κ1) is 20.1. The van der Waals surface area contributed by atoms with E-state index in [0.717, 1.165) is 48.8 Å². The summed E-state index contributed by atoms with van der Waals surface area (Å²) < 4.78 is 3.86. The number of tetrazole rings is 1. The van der Waals surface area contributed by atoms with E-state index in [0.29, 0.717) is 11.8 Å². The van der Waals surface area contributed by atoms with Crippen LogP contribution in [0.1, 0.15) is 41.0 Å². The van der Waals surface area contributed by atoms with E-state index in [1.165, 1.54) is 5.56 Å². The van der Waals surface area contributed by atoms with Gasteiger partial charge in [-0.3, -0.25) is 9.69 Å². The van der Waals surface area contributed by atoms with E-state index in [2.05, 4.69) is 69.8 Å². The van der Waals surface area contributed by atoms with Gasteiger partial charge in [0.1, 0.15) is 0 Å². The number of benzene rings is 2. The zero-order valence-electron chi connectivity index (χ0n) is 18.6. The molecule has 4 aromatic rings. The fourth-order valence-corrected chi connectivity index (χ4v) is 5.64. The molecule has 2 aliphatic rings. The van der Waals surface area contributed by atoms with Crippen LogP contribution in [0.25, 0.3) is 5.69 Å². The minimum atomic E-state index is -0.0758. The summed E-state index contributed by atoms with van der Waals surface area (Å²) in [6.07, 6.45) is 1.12. The second kappa shape index (κ2) is 8.08. The van der Waals surface area contributed by atoms with Gasteiger partial charge >= 0.3 is 0 Å². The number of aryl methyl sites for hydroxylation is 1. The molecular formula is C26H26N6O. The number of pyridine rings is 1. The second-order valence-electron chi connectivity index (χ2n) is 9.20. The Hall–Kier alpha value is -3.58. The standard InChI is InChI=1S/C26H26N6O/c1-18-8-5-6-11-22(18)32-26(27-28-29-32)25(20-9-3-2-4-10-20)30-15-19-14-21(17-30)23-12-7-13-24(33)31(23)16-19/h2-13,19,21,25H,14-17H2,1H3. The lowest BCUT2D eigenvalue weighted by Gasteiger charge is -2.45. The molecule has 0 radical (unpaired) electrons. The number of nitrogens with zero attached hydrogens (tertiary/aromatic N) is 6. The van der Waals surface area contributed by atoms with Crippen molar-refractivity contribution in [3.8, 4) is 5.69 Å². The Morgan fingerprint density at radius 3 is 2.58 bits per heavy atom. The summed E-state index contributed by atoms with van der Waals surface area (Å²) >= 11 is 0. The van der Waals surface area contributed by atoms with Crippen molar-refractivity contribution in [3.05, 3.63) is 106 Å². The number of fused-ring (bicyclic) bond motifs is 4. The Balaban J connectivity index is 1.44. The zero-order chi connectivity index (χ0) is 22.4. The molecule has 0 aliphatic carbocycles. The molecule has 33 heavy (non-hydrogen) atoms. The lowest BCUT2D eigenvalue weighted by atomic mass is 9.82. The van der Waals surface area contributed by atoms with Gasteiger partial charge in [-0.25, -0.2) is 0 Å². The molecule has 0 saturated carbocycles. The maximum atomic E-state index is 12.5. The third-order valence-corrected chi connectivity index (χ3v) is 7.07. The number of hydrogen-bond acceptors (Lipinski definition) is 5. The van der Waals surface area contributed by atoms with Crippen molar-refractivity contribution >= 4 is 0 Å². The van der Waals surface area contributed by atoms with E-state index in [1.54, 1.807) is 6.07 Å². The maximum Gasteiger partial charge on any atom is 0.250 e. The van der Waals surface area contributed by atoms with Crippen LogP contribution in [0.3, 0.4) is 0 Å². The van der Waals surface area contributed by atoms with Crippen molar-refractivity contribution in [1.82, 2.24) is 29.7 Å². The summed E-state index contributed by atoms with van der Waals surface area (Å²) in [5.41, 5.74) is 4.55. The number of likely N-dealkylation sites (tertiary alicyclic amines) is 1. The highest BCUT2D eigenvalue weighted by atomic mass is 16.1. The molecule has 3 atom stereocenters.